The molecule has 0 aliphatic rings. The van der Waals surface area contributed by atoms with Gasteiger partial charge in [-0.15, -0.1) is 0 Å². The van der Waals surface area contributed by atoms with E-state index in [4.69, 9.17) is 5.11 Å². The Morgan fingerprint density at radius 2 is 2.26 bits per heavy atom. The quantitative estimate of drug-likeness (QED) is 0.448. The average Bonchev–Trinajstić information content (AvgIpc) is 2.30. The summed E-state index contributed by atoms with van der Waals surface area (Å²) in [6.07, 6.45) is 0.231. The van der Waals surface area contributed by atoms with E-state index in [1.165, 1.54) is 0 Å². The molecule has 8 heteroatoms. The van der Waals surface area contributed by atoms with Gasteiger partial charge in [0.25, 0.3) is 5.69 Å². The van der Waals surface area contributed by atoms with Crippen LogP contribution in [-0.4, -0.2) is 22.0 Å². The molecule has 0 aliphatic carbocycles. The van der Waals surface area contributed by atoms with Crippen molar-refractivity contribution in [2.75, 3.05) is 5.32 Å². The molecule has 0 aromatic heterocycles. The largest absolute Gasteiger partial charge is 0.481 e. The fourth-order valence-corrected chi connectivity index (χ4v) is 1.93. The van der Waals surface area contributed by atoms with E-state index in [0.29, 0.717) is 6.42 Å². The van der Waals surface area contributed by atoms with Crippen LogP contribution in [0.3, 0.4) is 0 Å². The van der Waals surface area contributed by atoms with Crippen molar-refractivity contribution in [2.24, 2.45) is 0 Å². The van der Waals surface area contributed by atoms with Gasteiger partial charge >= 0.3 is 5.97 Å². The van der Waals surface area contributed by atoms with Crippen molar-refractivity contribution < 1.29 is 19.2 Å². The lowest BCUT2D eigenvalue weighted by Gasteiger charge is -2.14. The highest BCUT2D eigenvalue weighted by atomic mass is 127. The Morgan fingerprint density at radius 3 is 2.79 bits per heavy atom. The molecule has 1 aromatic rings. The first-order chi connectivity index (χ1) is 8.81. The predicted octanol–water partition coefficient (Wildman–Crippen LogP) is 3.00. The van der Waals surface area contributed by atoms with Gasteiger partial charge in [-0.05, 0) is 35.9 Å². The van der Waals surface area contributed by atoms with Gasteiger partial charge < -0.3 is 10.4 Å². The zero-order valence-corrected chi connectivity index (χ0v) is 12.2. The molecular weight excluding hydrogens is 370 g/mol. The Morgan fingerprint density at radius 1 is 1.63 bits per heavy atom. The number of nitrogens with one attached hydrogen (secondary N) is 1. The highest BCUT2D eigenvalue weighted by molar-refractivity contribution is 14.1. The summed E-state index contributed by atoms with van der Waals surface area (Å²) in [5.74, 6) is -1.50. The normalized spacial score (nSPS) is 11.9. The minimum Gasteiger partial charge on any atom is -0.481 e. The standard InChI is InChI=1S/C11H12FIN2O4/c1-6(2-3-11(16)17)14-9-4-7(12)8(13)5-10(9)15(18)19/h4-6,14H,2-3H2,1H3,(H,16,17). The monoisotopic (exact) mass is 382 g/mol. The number of benzene rings is 1. The highest BCUT2D eigenvalue weighted by Gasteiger charge is 2.19. The number of anilines is 1. The lowest BCUT2D eigenvalue weighted by Crippen LogP contribution is -2.17. The lowest BCUT2D eigenvalue weighted by molar-refractivity contribution is -0.384. The van der Waals surface area contributed by atoms with Crippen molar-refractivity contribution in [1.29, 1.82) is 0 Å². The summed E-state index contributed by atoms with van der Waals surface area (Å²) in [4.78, 5) is 20.7. The molecule has 0 bridgehead atoms. The predicted molar refractivity (Wildman–Crippen MR) is 75.7 cm³/mol. The molecule has 0 heterocycles. The van der Waals surface area contributed by atoms with E-state index in [1.807, 2.05) is 0 Å². The molecule has 104 valence electrons. The number of nitro benzene ring substituents is 1. The van der Waals surface area contributed by atoms with Crippen LogP contribution in [0.15, 0.2) is 12.1 Å². The Bertz CT molecular complexity index is 510. The molecular formula is C11H12FIN2O4. The average molecular weight is 382 g/mol. The van der Waals surface area contributed by atoms with E-state index in [-0.39, 0.29) is 27.4 Å². The molecule has 0 spiro atoms. The minimum atomic E-state index is -0.947. The molecule has 19 heavy (non-hydrogen) atoms. The van der Waals surface area contributed by atoms with Crippen LogP contribution in [-0.2, 0) is 4.79 Å². The second kappa shape index (κ2) is 6.64. The Hall–Kier alpha value is -1.45. The van der Waals surface area contributed by atoms with Crippen LogP contribution in [0.4, 0.5) is 15.8 Å². The van der Waals surface area contributed by atoms with Crippen molar-refractivity contribution >= 4 is 39.9 Å². The van der Waals surface area contributed by atoms with Gasteiger partial charge in [-0.2, -0.15) is 0 Å². The number of hydrogen-bond acceptors (Lipinski definition) is 4. The van der Waals surface area contributed by atoms with E-state index >= 15 is 0 Å². The molecule has 0 fully saturated rings. The topological polar surface area (TPSA) is 92.5 Å². The van der Waals surface area contributed by atoms with Crippen LogP contribution < -0.4 is 5.32 Å². The summed E-state index contributed by atoms with van der Waals surface area (Å²) in [6, 6.07) is 1.88. The van der Waals surface area contributed by atoms with Crippen LogP contribution in [0.5, 0.6) is 0 Å². The van der Waals surface area contributed by atoms with Crippen LogP contribution >= 0.6 is 22.6 Å². The SMILES string of the molecule is CC(CCC(=O)O)Nc1cc(F)c(I)cc1[N+](=O)[O-]. The first-order valence-corrected chi connectivity index (χ1v) is 6.51. The van der Waals surface area contributed by atoms with Crippen molar-refractivity contribution in [3.63, 3.8) is 0 Å². The fraction of sp³-hybridized carbons (Fsp3) is 0.364. The maximum atomic E-state index is 13.4. The summed E-state index contributed by atoms with van der Waals surface area (Å²) in [5, 5.41) is 22.2. The number of hydrogen-bond donors (Lipinski definition) is 2. The third-order valence-electron chi connectivity index (χ3n) is 2.43. The van der Waals surface area contributed by atoms with Gasteiger partial charge in [0.1, 0.15) is 11.5 Å². The molecule has 6 nitrogen and oxygen atoms in total. The van der Waals surface area contributed by atoms with Gasteiger partial charge in [-0.25, -0.2) is 4.39 Å². The Kier molecular flexibility index (Phi) is 5.45. The summed E-state index contributed by atoms with van der Waals surface area (Å²) in [7, 11) is 0. The number of rotatable bonds is 6. The second-order valence-corrected chi connectivity index (χ2v) is 5.18. The summed E-state index contributed by atoms with van der Waals surface area (Å²) in [5.41, 5.74) is -0.172. The number of carboxylic acid groups (broad SMARTS) is 1. The van der Waals surface area contributed by atoms with Crippen molar-refractivity contribution in [3.05, 3.63) is 31.6 Å². The molecule has 2 N–H and O–H groups in total. The summed E-state index contributed by atoms with van der Waals surface area (Å²) in [6.45, 7) is 1.68. The molecule has 0 aliphatic heterocycles. The van der Waals surface area contributed by atoms with Gasteiger partial charge in [0.15, 0.2) is 0 Å². The Balaban J connectivity index is 2.90. The Labute approximate surface area is 122 Å². The zero-order chi connectivity index (χ0) is 14.6. The molecule has 1 atom stereocenters. The smallest absolute Gasteiger partial charge is 0.303 e. The highest BCUT2D eigenvalue weighted by Crippen LogP contribution is 2.29. The van der Waals surface area contributed by atoms with E-state index in [2.05, 4.69) is 5.32 Å². The van der Waals surface area contributed by atoms with Crippen LogP contribution in [0.2, 0.25) is 0 Å². The second-order valence-electron chi connectivity index (χ2n) is 4.02. The first kappa shape index (κ1) is 15.6. The number of nitro groups is 1. The van der Waals surface area contributed by atoms with Gasteiger partial charge in [-0.3, -0.25) is 14.9 Å². The van der Waals surface area contributed by atoms with E-state index in [0.717, 1.165) is 12.1 Å². The molecule has 0 amide bonds. The van der Waals surface area contributed by atoms with Gasteiger partial charge in [0.05, 0.1) is 8.49 Å². The van der Waals surface area contributed by atoms with Gasteiger partial charge in [-0.1, -0.05) is 0 Å². The van der Waals surface area contributed by atoms with Crippen molar-refractivity contribution in [2.45, 2.75) is 25.8 Å². The zero-order valence-electron chi connectivity index (χ0n) is 10.0. The van der Waals surface area contributed by atoms with E-state index < -0.39 is 16.7 Å². The maximum absolute atomic E-state index is 13.4. The van der Waals surface area contributed by atoms with Gasteiger partial charge in [0.2, 0.25) is 0 Å². The minimum absolute atomic E-state index is 0.0563. The molecule has 0 saturated heterocycles. The number of aliphatic carboxylic acids is 1. The van der Waals surface area contributed by atoms with Crippen LogP contribution in [0.1, 0.15) is 19.8 Å². The molecule has 0 radical (unpaired) electrons. The first-order valence-electron chi connectivity index (χ1n) is 5.43. The number of carbonyl (C=O) groups is 1. The molecule has 0 saturated carbocycles. The van der Waals surface area contributed by atoms with Crippen molar-refractivity contribution in [1.82, 2.24) is 0 Å². The third-order valence-corrected chi connectivity index (χ3v) is 3.26. The molecule has 1 unspecified atom stereocenters. The van der Waals surface area contributed by atoms with Gasteiger partial charge in [0, 0.05) is 24.6 Å². The van der Waals surface area contributed by atoms with Crippen LogP contribution in [0.25, 0.3) is 0 Å². The number of nitrogens with zero attached hydrogens (tertiary/aromatic N) is 1. The molecule has 1 rings (SSSR count). The summed E-state index contributed by atoms with van der Waals surface area (Å²) < 4.78 is 13.6. The van der Waals surface area contributed by atoms with Crippen molar-refractivity contribution in [3.8, 4) is 0 Å². The molecule has 1 aromatic carbocycles. The van der Waals surface area contributed by atoms with E-state index in [1.54, 1.807) is 29.5 Å². The third kappa shape index (κ3) is 4.62. The maximum Gasteiger partial charge on any atom is 0.303 e. The number of halogens is 2. The summed E-state index contributed by atoms with van der Waals surface area (Å²) >= 11 is 1.67. The van der Waals surface area contributed by atoms with Crippen LogP contribution in [0, 0.1) is 19.5 Å². The number of carboxylic acids is 1. The fourth-order valence-electron chi connectivity index (χ4n) is 1.48. The van der Waals surface area contributed by atoms with E-state index in [9.17, 15) is 19.3 Å². The lowest BCUT2D eigenvalue weighted by atomic mass is 10.1.